The van der Waals surface area contributed by atoms with Crippen LogP contribution in [-0.2, 0) is 20.7 Å². The minimum atomic E-state index is -0.741. The molecule has 1 aliphatic heterocycles. The summed E-state index contributed by atoms with van der Waals surface area (Å²) in [5.41, 5.74) is 1.78. The summed E-state index contributed by atoms with van der Waals surface area (Å²) >= 11 is 0. The van der Waals surface area contributed by atoms with E-state index >= 15 is 0 Å². The molecule has 8 nitrogen and oxygen atoms in total. The molecular weight excluding hydrogens is 372 g/mol. The Morgan fingerprint density at radius 3 is 2.79 bits per heavy atom. The SMILES string of the molecule is C=C1CN[C@@H](C)COc2ccccc2CCCNC(=O)C(COC)NC(=O)CN1. The molecule has 160 valence electrons. The fourth-order valence-corrected chi connectivity index (χ4v) is 2.90. The number of methoxy groups -OCH3 is 1. The number of hydrogen-bond donors (Lipinski definition) is 4. The highest BCUT2D eigenvalue weighted by molar-refractivity contribution is 5.88. The van der Waals surface area contributed by atoms with Gasteiger partial charge in [0, 0.05) is 31.9 Å². The molecule has 4 N–H and O–H groups in total. The van der Waals surface area contributed by atoms with E-state index in [1.165, 1.54) is 7.11 Å². The van der Waals surface area contributed by atoms with Crippen molar-refractivity contribution in [2.24, 2.45) is 0 Å². The third kappa shape index (κ3) is 8.13. The summed E-state index contributed by atoms with van der Waals surface area (Å²) in [6, 6.07) is 7.30. The van der Waals surface area contributed by atoms with Gasteiger partial charge in [0.2, 0.25) is 11.8 Å². The van der Waals surface area contributed by atoms with Crippen LogP contribution in [0.3, 0.4) is 0 Å². The van der Waals surface area contributed by atoms with Crippen molar-refractivity contribution in [1.82, 2.24) is 21.3 Å². The smallest absolute Gasteiger partial charge is 0.244 e. The minimum Gasteiger partial charge on any atom is -0.492 e. The maximum absolute atomic E-state index is 12.4. The van der Waals surface area contributed by atoms with Gasteiger partial charge in [-0.15, -0.1) is 0 Å². The van der Waals surface area contributed by atoms with Crippen LogP contribution in [0.4, 0.5) is 0 Å². The Bertz CT molecular complexity index is 695. The van der Waals surface area contributed by atoms with Gasteiger partial charge in [0.25, 0.3) is 0 Å². The van der Waals surface area contributed by atoms with Crippen LogP contribution < -0.4 is 26.0 Å². The van der Waals surface area contributed by atoms with Crippen molar-refractivity contribution in [2.45, 2.75) is 31.8 Å². The zero-order valence-corrected chi connectivity index (χ0v) is 17.3. The molecule has 2 atom stereocenters. The lowest BCUT2D eigenvalue weighted by atomic mass is 10.1. The third-order valence-electron chi connectivity index (χ3n) is 4.53. The fraction of sp³-hybridized carbons (Fsp3) is 0.524. The molecule has 0 bridgehead atoms. The van der Waals surface area contributed by atoms with Gasteiger partial charge in [-0.1, -0.05) is 24.8 Å². The summed E-state index contributed by atoms with van der Waals surface area (Å²) in [5, 5.41) is 11.8. The second kappa shape index (κ2) is 12.1. The largest absolute Gasteiger partial charge is 0.492 e. The quantitative estimate of drug-likeness (QED) is 0.567. The fourth-order valence-electron chi connectivity index (χ4n) is 2.90. The van der Waals surface area contributed by atoms with Crippen LogP contribution in [0.5, 0.6) is 5.75 Å². The predicted molar refractivity (Wildman–Crippen MR) is 112 cm³/mol. The number of fused-ring (bicyclic) bond motifs is 1. The van der Waals surface area contributed by atoms with Crippen molar-refractivity contribution in [2.75, 3.05) is 40.0 Å². The second-order valence-electron chi connectivity index (χ2n) is 7.13. The molecule has 0 aliphatic carbocycles. The number of aryl methyl sites for hydroxylation is 1. The minimum absolute atomic E-state index is 0.0340. The molecule has 1 unspecified atom stereocenters. The zero-order chi connectivity index (χ0) is 21.1. The number of amides is 2. The van der Waals surface area contributed by atoms with Gasteiger partial charge in [0.1, 0.15) is 18.4 Å². The molecule has 2 amide bonds. The van der Waals surface area contributed by atoms with Crippen molar-refractivity contribution in [3.8, 4) is 5.75 Å². The molecule has 2 rings (SSSR count). The van der Waals surface area contributed by atoms with Gasteiger partial charge < -0.3 is 30.7 Å². The molecule has 1 aromatic rings. The van der Waals surface area contributed by atoms with Crippen LogP contribution in [0.15, 0.2) is 36.5 Å². The number of carbonyl (C=O) groups excluding carboxylic acids is 2. The first-order valence-corrected chi connectivity index (χ1v) is 9.91. The standard InChI is InChI=1S/C21H32N4O4/c1-15-11-23-16(2)13-29-19-9-5-4-7-17(19)8-6-10-22-21(27)18(14-28-3)25-20(26)12-24-15/h4-5,7,9,16,18,23-24H,1,6,8,10-14H2,2-3H3,(H,22,27)(H,25,26)/t16-,18?/m0/s1. The molecule has 0 saturated heterocycles. The van der Waals surface area contributed by atoms with Gasteiger partial charge in [-0.05, 0) is 31.4 Å². The molecule has 1 aliphatic rings. The molecule has 0 radical (unpaired) electrons. The molecule has 1 aromatic carbocycles. The summed E-state index contributed by atoms with van der Waals surface area (Å²) in [5.74, 6) is 0.296. The Morgan fingerprint density at radius 1 is 1.21 bits per heavy atom. The summed E-state index contributed by atoms with van der Waals surface area (Å²) in [6.45, 7) is 7.61. The second-order valence-corrected chi connectivity index (χ2v) is 7.13. The number of ether oxygens (including phenoxy) is 2. The van der Waals surface area contributed by atoms with Gasteiger partial charge in [0.05, 0.1) is 13.2 Å². The van der Waals surface area contributed by atoms with E-state index < -0.39 is 6.04 Å². The first kappa shape index (κ1) is 22.7. The van der Waals surface area contributed by atoms with E-state index in [1.54, 1.807) is 0 Å². The van der Waals surface area contributed by atoms with Gasteiger partial charge in [-0.3, -0.25) is 9.59 Å². The van der Waals surface area contributed by atoms with Crippen LogP contribution in [0.25, 0.3) is 0 Å². The highest BCUT2D eigenvalue weighted by Crippen LogP contribution is 2.19. The van der Waals surface area contributed by atoms with Crippen molar-refractivity contribution in [3.63, 3.8) is 0 Å². The number of carbonyl (C=O) groups is 2. The molecule has 29 heavy (non-hydrogen) atoms. The highest BCUT2D eigenvalue weighted by Gasteiger charge is 2.20. The molecule has 0 spiro atoms. The van der Waals surface area contributed by atoms with Gasteiger partial charge in [-0.25, -0.2) is 0 Å². The molecular formula is C21H32N4O4. The van der Waals surface area contributed by atoms with Crippen molar-refractivity contribution in [1.29, 1.82) is 0 Å². The van der Waals surface area contributed by atoms with E-state index in [2.05, 4.69) is 27.8 Å². The molecule has 0 fully saturated rings. The van der Waals surface area contributed by atoms with Gasteiger partial charge in [-0.2, -0.15) is 0 Å². The number of hydrogen-bond acceptors (Lipinski definition) is 6. The molecule has 0 saturated carbocycles. The van der Waals surface area contributed by atoms with E-state index in [4.69, 9.17) is 9.47 Å². The first-order chi connectivity index (χ1) is 14.0. The van der Waals surface area contributed by atoms with Crippen molar-refractivity contribution >= 4 is 11.8 Å². The Morgan fingerprint density at radius 2 is 2.00 bits per heavy atom. The third-order valence-corrected chi connectivity index (χ3v) is 4.53. The van der Waals surface area contributed by atoms with E-state index in [0.29, 0.717) is 25.4 Å². The first-order valence-electron chi connectivity index (χ1n) is 9.91. The van der Waals surface area contributed by atoms with Gasteiger partial charge >= 0.3 is 0 Å². The Labute approximate surface area is 172 Å². The van der Waals surface area contributed by atoms with Crippen molar-refractivity contribution in [3.05, 3.63) is 42.1 Å². The molecule has 1 heterocycles. The van der Waals surface area contributed by atoms with Crippen LogP contribution in [0, 0.1) is 0 Å². The van der Waals surface area contributed by atoms with Crippen LogP contribution >= 0.6 is 0 Å². The zero-order valence-electron chi connectivity index (χ0n) is 17.3. The number of nitrogens with one attached hydrogen (secondary N) is 4. The van der Waals surface area contributed by atoms with E-state index in [0.717, 1.165) is 24.2 Å². The predicted octanol–water partition coefficient (Wildman–Crippen LogP) is 0.340. The topological polar surface area (TPSA) is 101 Å². The Balaban J connectivity index is 2.06. The molecule has 0 aromatic heterocycles. The highest BCUT2D eigenvalue weighted by atomic mass is 16.5. The summed E-state index contributed by atoms with van der Waals surface area (Å²) in [7, 11) is 1.49. The normalized spacial score (nSPS) is 22.8. The number of benzene rings is 1. The van der Waals surface area contributed by atoms with Gasteiger partial charge in [0.15, 0.2) is 0 Å². The average molecular weight is 405 g/mol. The number of para-hydroxylation sites is 1. The lowest BCUT2D eigenvalue weighted by molar-refractivity contribution is -0.129. The van der Waals surface area contributed by atoms with E-state index in [-0.39, 0.29) is 31.0 Å². The maximum atomic E-state index is 12.4. The lowest BCUT2D eigenvalue weighted by Gasteiger charge is -2.20. The van der Waals surface area contributed by atoms with Crippen LogP contribution in [0.2, 0.25) is 0 Å². The summed E-state index contributed by atoms with van der Waals surface area (Å²) in [4.78, 5) is 24.6. The van der Waals surface area contributed by atoms with E-state index in [1.807, 2.05) is 31.2 Å². The average Bonchev–Trinajstić information content (AvgIpc) is 2.71. The van der Waals surface area contributed by atoms with Crippen LogP contribution in [-0.4, -0.2) is 63.9 Å². The molecule has 8 heteroatoms. The van der Waals surface area contributed by atoms with Crippen LogP contribution in [0.1, 0.15) is 18.9 Å². The summed E-state index contributed by atoms with van der Waals surface area (Å²) < 4.78 is 11.1. The maximum Gasteiger partial charge on any atom is 0.244 e. The Kier molecular flexibility index (Phi) is 9.46. The number of rotatable bonds is 2. The monoisotopic (exact) mass is 404 g/mol. The lowest BCUT2D eigenvalue weighted by Crippen LogP contribution is -2.51. The summed E-state index contributed by atoms with van der Waals surface area (Å²) in [6.07, 6.45) is 1.54. The van der Waals surface area contributed by atoms with E-state index in [9.17, 15) is 9.59 Å². The Hall–Kier alpha value is -2.58. The van der Waals surface area contributed by atoms with Crippen molar-refractivity contribution < 1.29 is 19.1 Å².